The Morgan fingerprint density at radius 3 is 2.80 bits per heavy atom. The second kappa shape index (κ2) is 5.65. The Hall–Kier alpha value is -0.0100. The molecule has 0 saturated heterocycles. The predicted octanol–water partition coefficient (Wildman–Crippen LogP) is 4.80. The van der Waals surface area contributed by atoms with Crippen molar-refractivity contribution in [2.24, 2.45) is 0 Å². The van der Waals surface area contributed by atoms with Crippen molar-refractivity contribution in [2.45, 2.75) is 36.4 Å². The van der Waals surface area contributed by atoms with Crippen molar-refractivity contribution in [1.82, 2.24) is 9.55 Å². The first-order valence-corrected chi connectivity index (χ1v) is 9.38. The van der Waals surface area contributed by atoms with Gasteiger partial charge in [-0.05, 0) is 47.8 Å². The topological polar surface area (TPSA) is 17.8 Å². The van der Waals surface area contributed by atoms with E-state index in [9.17, 15) is 4.39 Å². The molecule has 1 heterocycles. The fraction of sp³-hybridized carbons (Fsp3) is 0.500. The molecular formula is C14H15ClFIN2S. The van der Waals surface area contributed by atoms with Gasteiger partial charge in [0, 0.05) is 17.4 Å². The molecule has 1 saturated carbocycles. The standard InChI is InChI=1S/C14H15ClFIN2S/c1-20-14(3-2-4-14)8-19-12-5-9(16)10(17)6-11(12)18-13(19)7-15/h5-6H,2-4,7-8H2,1H3. The zero-order valence-electron chi connectivity index (χ0n) is 11.1. The zero-order chi connectivity index (χ0) is 14.3. The van der Waals surface area contributed by atoms with Crippen LogP contribution in [0.5, 0.6) is 0 Å². The molecule has 6 heteroatoms. The van der Waals surface area contributed by atoms with E-state index in [0.29, 0.717) is 9.45 Å². The zero-order valence-corrected chi connectivity index (χ0v) is 14.9. The highest BCUT2D eigenvalue weighted by molar-refractivity contribution is 14.1. The van der Waals surface area contributed by atoms with Crippen molar-refractivity contribution in [3.05, 3.63) is 27.3 Å². The fourth-order valence-electron chi connectivity index (χ4n) is 2.73. The summed E-state index contributed by atoms with van der Waals surface area (Å²) in [6, 6.07) is 3.39. The summed E-state index contributed by atoms with van der Waals surface area (Å²) in [6.45, 7) is 0.868. The number of halogens is 3. The summed E-state index contributed by atoms with van der Waals surface area (Å²) in [5.74, 6) is 1.01. The van der Waals surface area contributed by atoms with Gasteiger partial charge in [0.25, 0.3) is 0 Å². The van der Waals surface area contributed by atoms with Gasteiger partial charge in [-0.1, -0.05) is 6.42 Å². The maximum Gasteiger partial charge on any atom is 0.138 e. The van der Waals surface area contributed by atoms with E-state index in [1.807, 2.05) is 34.4 Å². The number of fused-ring (bicyclic) bond motifs is 1. The van der Waals surface area contributed by atoms with Crippen molar-refractivity contribution in [1.29, 1.82) is 0 Å². The molecule has 0 spiro atoms. The Morgan fingerprint density at radius 2 is 2.25 bits per heavy atom. The van der Waals surface area contributed by atoms with E-state index in [1.54, 1.807) is 12.1 Å². The number of alkyl halides is 1. The molecular weight excluding hydrogens is 410 g/mol. The molecule has 1 aliphatic rings. The van der Waals surface area contributed by atoms with Gasteiger partial charge in [0.2, 0.25) is 0 Å². The number of benzene rings is 1. The van der Waals surface area contributed by atoms with Gasteiger partial charge >= 0.3 is 0 Å². The van der Waals surface area contributed by atoms with Gasteiger partial charge in [-0.2, -0.15) is 11.8 Å². The van der Waals surface area contributed by atoms with Crippen molar-refractivity contribution in [2.75, 3.05) is 6.26 Å². The highest BCUT2D eigenvalue weighted by Gasteiger charge is 2.37. The average molecular weight is 425 g/mol. The number of hydrogen-bond donors (Lipinski definition) is 0. The molecule has 1 fully saturated rings. The molecule has 1 aromatic heterocycles. The van der Waals surface area contributed by atoms with Crippen LogP contribution in [-0.2, 0) is 12.4 Å². The first kappa shape index (κ1) is 14.9. The van der Waals surface area contributed by atoms with Crippen LogP contribution in [-0.4, -0.2) is 20.6 Å². The van der Waals surface area contributed by atoms with Crippen LogP contribution in [0.4, 0.5) is 4.39 Å². The molecule has 0 unspecified atom stereocenters. The number of imidazole rings is 1. The smallest absolute Gasteiger partial charge is 0.138 e. The SMILES string of the molecule is CSC1(Cn2c(CCl)nc3cc(I)c(F)cc32)CCC1. The summed E-state index contributed by atoms with van der Waals surface area (Å²) >= 11 is 9.93. The molecule has 0 N–H and O–H groups in total. The molecule has 1 aliphatic carbocycles. The minimum atomic E-state index is -0.188. The van der Waals surface area contributed by atoms with E-state index in [0.717, 1.165) is 23.4 Å². The number of rotatable bonds is 4. The van der Waals surface area contributed by atoms with Crippen LogP contribution in [0, 0.1) is 9.39 Å². The van der Waals surface area contributed by atoms with Crippen molar-refractivity contribution < 1.29 is 4.39 Å². The van der Waals surface area contributed by atoms with Crippen molar-refractivity contribution >= 4 is 57.0 Å². The highest BCUT2D eigenvalue weighted by atomic mass is 127. The fourth-order valence-corrected chi connectivity index (χ4v) is 4.34. The normalized spacial score (nSPS) is 17.4. The van der Waals surface area contributed by atoms with E-state index in [4.69, 9.17) is 11.6 Å². The van der Waals surface area contributed by atoms with E-state index in [-0.39, 0.29) is 10.6 Å². The minimum Gasteiger partial charge on any atom is -0.325 e. The lowest BCUT2D eigenvalue weighted by Gasteiger charge is -2.41. The van der Waals surface area contributed by atoms with Gasteiger partial charge < -0.3 is 4.57 Å². The van der Waals surface area contributed by atoms with Crippen molar-refractivity contribution in [3.8, 4) is 0 Å². The maximum absolute atomic E-state index is 13.9. The summed E-state index contributed by atoms with van der Waals surface area (Å²) in [5, 5.41) is 0. The minimum absolute atomic E-state index is 0.188. The molecule has 0 atom stereocenters. The van der Waals surface area contributed by atoms with Crippen molar-refractivity contribution in [3.63, 3.8) is 0 Å². The molecule has 108 valence electrons. The van der Waals surface area contributed by atoms with Gasteiger partial charge in [0.15, 0.2) is 0 Å². The van der Waals surface area contributed by atoms with Crippen LogP contribution < -0.4 is 0 Å². The number of nitrogens with zero attached hydrogens (tertiary/aromatic N) is 2. The third-order valence-electron chi connectivity index (χ3n) is 4.13. The lowest BCUT2D eigenvalue weighted by Crippen LogP contribution is -2.38. The van der Waals surface area contributed by atoms with E-state index in [1.165, 1.54) is 19.3 Å². The third kappa shape index (κ3) is 2.46. The van der Waals surface area contributed by atoms with Crippen LogP contribution in [0.1, 0.15) is 25.1 Å². The summed E-state index contributed by atoms with van der Waals surface area (Å²) in [7, 11) is 0. The molecule has 2 nitrogen and oxygen atoms in total. The average Bonchev–Trinajstić information content (AvgIpc) is 2.72. The monoisotopic (exact) mass is 424 g/mol. The first-order valence-electron chi connectivity index (χ1n) is 6.54. The van der Waals surface area contributed by atoms with E-state index in [2.05, 4.69) is 15.8 Å². The molecule has 0 amide bonds. The second-order valence-corrected chi connectivity index (χ2v) is 7.95. The van der Waals surface area contributed by atoms with E-state index >= 15 is 0 Å². The van der Waals surface area contributed by atoms with Crippen LogP contribution in [0.2, 0.25) is 0 Å². The van der Waals surface area contributed by atoms with E-state index < -0.39 is 0 Å². The number of aromatic nitrogens is 2. The Morgan fingerprint density at radius 1 is 1.50 bits per heavy atom. The van der Waals surface area contributed by atoms with Crippen LogP contribution in [0.15, 0.2) is 12.1 Å². The second-order valence-electron chi connectivity index (χ2n) is 5.24. The molecule has 2 aromatic rings. The molecule has 0 radical (unpaired) electrons. The van der Waals surface area contributed by atoms with Gasteiger partial charge in [-0.25, -0.2) is 9.37 Å². The number of thioether (sulfide) groups is 1. The Balaban J connectivity index is 2.10. The molecule has 20 heavy (non-hydrogen) atoms. The Labute approximate surface area is 140 Å². The van der Waals surface area contributed by atoms with Crippen LogP contribution in [0.25, 0.3) is 11.0 Å². The lowest BCUT2D eigenvalue weighted by molar-refractivity contribution is 0.322. The first-order chi connectivity index (χ1) is 9.58. The number of hydrogen-bond acceptors (Lipinski definition) is 2. The van der Waals surface area contributed by atoms with Crippen LogP contribution >= 0.6 is 46.0 Å². The summed E-state index contributed by atoms with van der Waals surface area (Å²) in [5.41, 5.74) is 1.70. The van der Waals surface area contributed by atoms with Gasteiger partial charge in [-0.3, -0.25) is 0 Å². The highest BCUT2D eigenvalue weighted by Crippen LogP contribution is 2.44. The molecule has 0 bridgehead atoms. The van der Waals surface area contributed by atoms with Gasteiger partial charge in [0.1, 0.15) is 11.6 Å². The van der Waals surface area contributed by atoms with Gasteiger partial charge in [-0.15, -0.1) is 11.6 Å². The maximum atomic E-state index is 13.9. The predicted molar refractivity (Wildman–Crippen MR) is 92.1 cm³/mol. The quantitative estimate of drug-likeness (QED) is 0.518. The van der Waals surface area contributed by atoms with Gasteiger partial charge in [0.05, 0.1) is 20.5 Å². The Bertz CT molecular complexity index is 649. The third-order valence-corrected chi connectivity index (χ3v) is 6.60. The Kier molecular flexibility index (Phi) is 4.21. The molecule has 0 aliphatic heterocycles. The summed E-state index contributed by atoms with van der Waals surface area (Å²) < 4.78 is 16.8. The largest absolute Gasteiger partial charge is 0.325 e. The van der Waals surface area contributed by atoms with Crippen LogP contribution in [0.3, 0.4) is 0 Å². The lowest BCUT2D eigenvalue weighted by atomic mass is 9.84. The molecule has 1 aromatic carbocycles. The molecule has 3 rings (SSSR count). The summed E-state index contributed by atoms with van der Waals surface area (Å²) in [4.78, 5) is 4.56. The summed E-state index contributed by atoms with van der Waals surface area (Å²) in [6.07, 6.45) is 5.85.